The van der Waals surface area contributed by atoms with Gasteiger partial charge in [-0.15, -0.1) is 0 Å². The smallest absolute Gasteiger partial charge is 0.240 e. The first-order valence-corrected chi connectivity index (χ1v) is 9.58. The molecule has 0 aromatic heterocycles. The minimum atomic E-state index is -2.33. The van der Waals surface area contributed by atoms with Crippen LogP contribution >= 0.6 is 23.4 Å². The maximum absolute atomic E-state index is 13.3. The predicted molar refractivity (Wildman–Crippen MR) is 99.8 cm³/mol. The van der Waals surface area contributed by atoms with Gasteiger partial charge in [0.05, 0.1) is 0 Å². The van der Waals surface area contributed by atoms with Crippen molar-refractivity contribution >= 4 is 23.4 Å². The van der Waals surface area contributed by atoms with Crippen LogP contribution in [0.25, 0.3) is 0 Å². The molecule has 1 heterocycles. The Morgan fingerprint density at radius 1 is 1.04 bits per heavy atom. The zero-order valence-corrected chi connectivity index (χ0v) is 15.4. The number of hydrogen-bond acceptors (Lipinski definition) is 3. The quantitative estimate of drug-likeness (QED) is 0.748. The molecule has 3 rings (SSSR count). The van der Waals surface area contributed by atoms with Crippen LogP contribution in [0, 0.1) is 0 Å². The van der Waals surface area contributed by atoms with Crippen molar-refractivity contribution in [2.24, 2.45) is 0 Å². The summed E-state index contributed by atoms with van der Waals surface area (Å²) < 4.78 is 26.5. The van der Waals surface area contributed by atoms with Crippen molar-refractivity contribution in [2.45, 2.75) is 28.7 Å². The molecule has 0 saturated carbocycles. The van der Waals surface area contributed by atoms with Crippen LogP contribution in [0.2, 0.25) is 5.02 Å². The van der Waals surface area contributed by atoms with Crippen molar-refractivity contribution in [3.63, 3.8) is 0 Å². The van der Waals surface area contributed by atoms with Crippen molar-refractivity contribution in [1.29, 1.82) is 0 Å². The van der Waals surface area contributed by atoms with E-state index in [2.05, 4.69) is 10.2 Å². The van der Waals surface area contributed by atoms with Crippen LogP contribution in [0.5, 0.6) is 0 Å². The normalized spacial score (nSPS) is 17.0. The van der Waals surface area contributed by atoms with Gasteiger partial charge in [0.2, 0.25) is 6.43 Å². The SMILES string of the molecule is FC(F)C[C@@H](c1ccccc1Sc1ccc(Cl)cc1)N1CCNCC1. The molecule has 0 aliphatic carbocycles. The van der Waals surface area contributed by atoms with E-state index in [1.807, 2.05) is 48.5 Å². The van der Waals surface area contributed by atoms with Gasteiger partial charge in [0.1, 0.15) is 0 Å². The molecule has 25 heavy (non-hydrogen) atoms. The Morgan fingerprint density at radius 3 is 2.40 bits per heavy atom. The molecular formula is C19H21ClF2N2S. The Bertz CT molecular complexity index is 675. The van der Waals surface area contributed by atoms with E-state index in [0.29, 0.717) is 5.02 Å². The highest BCUT2D eigenvalue weighted by Gasteiger charge is 2.27. The molecule has 2 nitrogen and oxygen atoms in total. The van der Waals surface area contributed by atoms with E-state index in [0.717, 1.165) is 41.5 Å². The van der Waals surface area contributed by atoms with Crippen LogP contribution in [-0.2, 0) is 0 Å². The van der Waals surface area contributed by atoms with Crippen molar-refractivity contribution in [1.82, 2.24) is 10.2 Å². The van der Waals surface area contributed by atoms with Crippen LogP contribution in [-0.4, -0.2) is 37.5 Å². The highest BCUT2D eigenvalue weighted by atomic mass is 35.5. The minimum absolute atomic E-state index is 0.141. The summed E-state index contributed by atoms with van der Waals surface area (Å²) in [4.78, 5) is 4.24. The fraction of sp³-hybridized carbons (Fsp3) is 0.368. The second kappa shape index (κ2) is 8.99. The topological polar surface area (TPSA) is 15.3 Å². The molecule has 2 aromatic carbocycles. The fourth-order valence-corrected chi connectivity index (χ4v) is 4.23. The maximum Gasteiger partial charge on any atom is 0.240 e. The van der Waals surface area contributed by atoms with Crippen molar-refractivity contribution in [3.8, 4) is 0 Å². The number of nitrogens with one attached hydrogen (secondary N) is 1. The number of benzene rings is 2. The van der Waals surface area contributed by atoms with Crippen LogP contribution in [0.15, 0.2) is 58.3 Å². The summed E-state index contributed by atoms with van der Waals surface area (Å²) >= 11 is 7.55. The van der Waals surface area contributed by atoms with E-state index < -0.39 is 6.43 Å². The summed E-state index contributed by atoms with van der Waals surface area (Å²) in [5.74, 6) is 0. The third-order valence-electron chi connectivity index (χ3n) is 4.31. The second-order valence-electron chi connectivity index (χ2n) is 6.02. The number of hydrogen-bond donors (Lipinski definition) is 1. The van der Waals surface area contributed by atoms with Gasteiger partial charge in [-0.2, -0.15) is 0 Å². The Morgan fingerprint density at radius 2 is 1.72 bits per heavy atom. The van der Waals surface area contributed by atoms with E-state index in [9.17, 15) is 8.78 Å². The summed E-state index contributed by atoms with van der Waals surface area (Å²) in [7, 11) is 0. The number of piperazine rings is 1. The van der Waals surface area contributed by atoms with Gasteiger partial charge in [0.15, 0.2) is 0 Å². The minimum Gasteiger partial charge on any atom is -0.314 e. The molecule has 1 saturated heterocycles. The summed E-state index contributed by atoms with van der Waals surface area (Å²) in [6.07, 6.45) is -2.47. The molecule has 1 aliphatic heterocycles. The maximum atomic E-state index is 13.3. The van der Waals surface area contributed by atoms with Gasteiger partial charge >= 0.3 is 0 Å². The lowest BCUT2D eigenvalue weighted by Crippen LogP contribution is -2.45. The molecule has 1 N–H and O–H groups in total. The second-order valence-corrected chi connectivity index (χ2v) is 7.57. The Balaban J connectivity index is 1.88. The molecule has 0 spiro atoms. The standard InChI is InChI=1S/C19H21ClF2N2S/c20-14-5-7-15(8-6-14)25-18-4-2-1-3-16(18)17(13-19(21)22)24-11-9-23-10-12-24/h1-8,17,19,23H,9-13H2/t17-/m0/s1. The van der Waals surface area contributed by atoms with Crippen molar-refractivity contribution in [2.75, 3.05) is 26.2 Å². The lowest BCUT2D eigenvalue weighted by molar-refractivity contribution is 0.0729. The zero-order valence-electron chi connectivity index (χ0n) is 13.8. The number of alkyl halides is 2. The van der Waals surface area contributed by atoms with Gasteiger partial charge in [-0.3, -0.25) is 4.90 Å². The Kier molecular flexibility index (Phi) is 6.70. The van der Waals surface area contributed by atoms with Crippen LogP contribution in [0.3, 0.4) is 0 Å². The average molecular weight is 383 g/mol. The summed E-state index contributed by atoms with van der Waals surface area (Å²) in [6.45, 7) is 3.26. The van der Waals surface area contributed by atoms with Gasteiger partial charge < -0.3 is 5.32 Å². The molecule has 1 atom stereocenters. The molecule has 0 unspecified atom stereocenters. The molecule has 1 aliphatic rings. The van der Waals surface area contributed by atoms with Gasteiger partial charge in [-0.25, -0.2) is 8.78 Å². The van der Waals surface area contributed by atoms with Crippen LogP contribution in [0.4, 0.5) is 8.78 Å². The first-order valence-electron chi connectivity index (χ1n) is 8.39. The van der Waals surface area contributed by atoms with E-state index >= 15 is 0 Å². The van der Waals surface area contributed by atoms with E-state index in [1.54, 1.807) is 11.8 Å². The molecule has 0 bridgehead atoms. The van der Waals surface area contributed by atoms with Crippen LogP contribution in [0.1, 0.15) is 18.0 Å². The third-order valence-corrected chi connectivity index (χ3v) is 5.66. The fourth-order valence-electron chi connectivity index (χ4n) is 3.11. The Labute approximate surface area is 156 Å². The van der Waals surface area contributed by atoms with Crippen LogP contribution < -0.4 is 5.32 Å². The first-order chi connectivity index (χ1) is 12.1. The highest BCUT2D eigenvalue weighted by Crippen LogP contribution is 2.38. The number of rotatable bonds is 6. The molecule has 0 radical (unpaired) electrons. The molecule has 2 aromatic rings. The number of nitrogens with zero attached hydrogens (tertiary/aromatic N) is 1. The number of halogens is 3. The molecule has 1 fully saturated rings. The third kappa shape index (κ3) is 5.17. The molecular weight excluding hydrogens is 362 g/mol. The van der Waals surface area contributed by atoms with E-state index in [-0.39, 0.29) is 12.5 Å². The summed E-state index contributed by atoms with van der Waals surface area (Å²) in [6, 6.07) is 15.2. The van der Waals surface area contributed by atoms with Gasteiger partial charge in [-0.1, -0.05) is 41.6 Å². The lowest BCUT2D eigenvalue weighted by Gasteiger charge is -2.36. The average Bonchev–Trinajstić information content (AvgIpc) is 2.63. The molecule has 6 heteroatoms. The lowest BCUT2D eigenvalue weighted by atomic mass is 10.0. The van der Waals surface area contributed by atoms with Crippen molar-refractivity contribution < 1.29 is 8.78 Å². The first kappa shape index (κ1) is 18.6. The summed E-state index contributed by atoms with van der Waals surface area (Å²) in [5, 5.41) is 3.98. The largest absolute Gasteiger partial charge is 0.314 e. The van der Waals surface area contributed by atoms with Gasteiger partial charge in [-0.05, 0) is 35.9 Å². The van der Waals surface area contributed by atoms with Gasteiger partial charge in [0.25, 0.3) is 0 Å². The predicted octanol–water partition coefficient (Wildman–Crippen LogP) is 5.09. The zero-order chi connectivity index (χ0) is 17.6. The Hall–Kier alpha value is -1.14. The highest BCUT2D eigenvalue weighted by molar-refractivity contribution is 7.99. The molecule has 0 amide bonds. The van der Waals surface area contributed by atoms with E-state index in [4.69, 9.17) is 11.6 Å². The van der Waals surface area contributed by atoms with Gasteiger partial charge in [0, 0.05) is 53.5 Å². The summed E-state index contributed by atoms with van der Waals surface area (Å²) in [5.41, 5.74) is 0.977. The monoisotopic (exact) mass is 382 g/mol. The van der Waals surface area contributed by atoms with E-state index in [1.165, 1.54) is 0 Å². The molecule has 134 valence electrons. The van der Waals surface area contributed by atoms with Crippen molar-refractivity contribution in [3.05, 3.63) is 59.1 Å².